The standard InChI is InChI=1S/C16H20N2O2/c1-2-18-12-14(11-15(18)19)16(20)17-10-6-9-13-7-4-3-5-8-13/h3-9,14H,2,10-12H2,1H3,(H,17,20)/b9-6+/t14-/m0/s1. The van der Waals surface area contributed by atoms with Crippen molar-refractivity contribution in [3.05, 3.63) is 42.0 Å². The maximum Gasteiger partial charge on any atom is 0.225 e. The van der Waals surface area contributed by atoms with E-state index < -0.39 is 0 Å². The zero-order chi connectivity index (χ0) is 14.4. The number of rotatable bonds is 5. The van der Waals surface area contributed by atoms with Crippen molar-refractivity contribution in [3.63, 3.8) is 0 Å². The van der Waals surface area contributed by atoms with Gasteiger partial charge in [0, 0.05) is 26.1 Å². The molecule has 0 radical (unpaired) electrons. The third-order valence-corrected chi connectivity index (χ3v) is 3.47. The Balaban J connectivity index is 1.76. The van der Waals surface area contributed by atoms with Crippen LogP contribution in [0, 0.1) is 5.92 Å². The van der Waals surface area contributed by atoms with Crippen LogP contribution >= 0.6 is 0 Å². The third kappa shape index (κ3) is 3.70. The third-order valence-electron chi connectivity index (χ3n) is 3.47. The van der Waals surface area contributed by atoms with Gasteiger partial charge in [0.1, 0.15) is 0 Å². The van der Waals surface area contributed by atoms with Gasteiger partial charge in [-0.15, -0.1) is 0 Å². The Labute approximate surface area is 119 Å². The Hall–Kier alpha value is -2.10. The van der Waals surface area contributed by atoms with Crippen molar-refractivity contribution in [1.82, 2.24) is 10.2 Å². The van der Waals surface area contributed by atoms with Gasteiger partial charge < -0.3 is 10.2 Å². The number of likely N-dealkylation sites (tertiary alicyclic amines) is 1. The van der Waals surface area contributed by atoms with Crippen LogP contribution in [0.25, 0.3) is 6.08 Å². The maximum atomic E-state index is 11.9. The molecular weight excluding hydrogens is 252 g/mol. The lowest BCUT2D eigenvalue weighted by molar-refractivity contribution is -0.128. The fourth-order valence-electron chi connectivity index (χ4n) is 2.32. The molecule has 1 atom stereocenters. The van der Waals surface area contributed by atoms with Gasteiger partial charge >= 0.3 is 0 Å². The second kappa shape index (κ2) is 6.89. The highest BCUT2D eigenvalue weighted by Gasteiger charge is 2.32. The molecule has 2 amide bonds. The normalized spacial score (nSPS) is 18.8. The number of nitrogens with one attached hydrogen (secondary N) is 1. The van der Waals surface area contributed by atoms with Crippen molar-refractivity contribution in [2.24, 2.45) is 5.92 Å². The summed E-state index contributed by atoms with van der Waals surface area (Å²) in [6.07, 6.45) is 4.22. The highest BCUT2D eigenvalue weighted by Crippen LogP contribution is 2.17. The number of nitrogens with zero attached hydrogens (tertiary/aromatic N) is 1. The highest BCUT2D eigenvalue weighted by atomic mass is 16.2. The molecule has 0 bridgehead atoms. The minimum absolute atomic E-state index is 0.0352. The molecule has 1 N–H and O–H groups in total. The molecule has 1 aromatic carbocycles. The minimum atomic E-state index is -0.201. The first kappa shape index (κ1) is 14.3. The molecule has 0 aliphatic carbocycles. The Bertz CT molecular complexity index is 496. The average Bonchev–Trinajstić information content (AvgIpc) is 2.86. The topological polar surface area (TPSA) is 49.4 Å². The quantitative estimate of drug-likeness (QED) is 0.886. The highest BCUT2D eigenvalue weighted by molar-refractivity contribution is 5.89. The molecule has 2 rings (SSSR count). The summed E-state index contributed by atoms with van der Waals surface area (Å²) in [5.41, 5.74) is 1.11. The van der Waals surface area contributed by atoms with Gasteiger partial charge in [0.25, 0.3) is 0 Å². The summed E-state index contributed by atoms with van der Waals surface area (Å²) in [5.74, 6) is -0.160. The Kier molecular flexibility index (Phi) is 4.93. The van der Waals surface area contributed by atoms with E-state index in [1.54, 1.807) is 4.90 Å². The van der Waals surface area contributed by atoms with Gasteiger partial charge in [0.05, 0.1) is 5.92 Å². The van der Waals surface area contributed by atoms with Crippen LogP contribution in [0.2, 0.25) is 0 Å². The van der Waals surface area contributed by atoms with Crippen LogP contribution in [0.5, 0.6) is 0 Å². The van der Waals surface area contributed by atoms with E-state index in [-0.39, 0.29) is 17.7 Å². The average molecular weight is 272 g/mol. The minimum Gasteiger partial charge on any atom is -0.352 e. The van der Waals surface area contributed by atoms with Gasteiger partial charge in [-0.3, -0.25) is 9.59 Å². The molecule has 1 saturated heterocycles. The predicted octanol–water partition coefficient (Wildman–Crippen LogP) is 1.68. The molecule has 106 valence electrons. The van der Waals surface area contributed by atoms with Crippen LogP contribution < -0.4 is 5.32 Å². The summed E-state index contributed by atoms with van der Waals surface area (Å²) in [4.78, 5) is 25.2. The fourth-order valence-corrected chi connectivity index (χ4v) is 2.32. The molecule has 1 aliphatic heterocycles. The first-order valence-electron chi connectivity index (χ1n) is 6.97. The van der Waals surface area contributed by atoms with E-state index >= 15 is 0 Å². The van der Waals surface area contributed by atoms with E-state index in [1.165, 1.54) is 0 Å². The number of hydrogen-bond acceptors (Lipinski definition) is 2. The molecule has 0 spiro atoms. The molecule has 1 fully saturated rings. The molecule has 0 aromatic heterocycles. The van der Waals surface area contributed by atoms with Crippen molar-refractivity contribution >= 4 is 17.9 Å². The zero-order valence-corrected chi connectivity index (χ0v) is 11.7. The van der Waals surface area contributed by atoms with E-state index in [9.17, 15) is 9.59 Å². The number of carbonyl (C=O) groups excluding carboxylic acids is 2. The second-order valence-electron chi connectivity index (χ2n) is 4.89. The summed E-state index contributed by atoms with van der Waals surface area (Å²) in [6, 6.07) is 9.93. The van der Waals surface area contributed by atoms with Crippen molar-refractivity contribution in [2.45, 2.75) is 13.3 Å². The van der Waals surface area contributed by atoms with E-state index in [2.05, 4.69) is 5.32 Å². The second-order valence-corrected chi connectivity index (χ2v) is 4.89. The van der Waals surface area contributed by atoms with Crippen LogP contribution in [0.3, 0.4) is 0 Å². The smallest absolute Gasteiger partial charge is 0.225 e. The SMILES string of the molecule is CCN1C[C@@H](C(=O)NC/C=C/c2ccccc2)CC1=O. The van der Waals surface area contributed by atoms with Gasteiger partial charge in [-0.25, -0.2) is 0 Å². The fraction of sp³-hybridized carbons (Fsp3) is 0.375. The summed E-state index contributed by atoms with van der Waals surface area (Å²) < 4.78 is 0. The van der Waals surface area contributed by atoms with Gasteiger partial charge in [-0.2, -0.15) is 0 Å². The molecule has 1 aromatic rings. The number of hydrogen-bond donors (Lipinski definition) is 1. The lowest BCUT2D eigenvalue weighted by Gasteiger charge is -2.13. The van der Waals surface area contributed by atoms with Crippen molar-refractivity contribution < 1.29 is 9.59 Å². The van der Waals surface area contributed by atoms with E-state index in [4.69, 9.17) is 0 Å². The molecule has 1 aliphatic rings. The van der Waals surface area contributed by atoms with Gasteiger partial charge in [-0.05, 0) is 12.5 Å². The molecule has 0 saturated carbocycles. The van der Waals surface area contributed by atoms with Gasteiger partial charge in [0.2, 0.25) is 11.8 Å². The van der Waals surface area contributed by atoms with E-state index in [0.717, 1.165) is 5.56 Å². The summed E-state index contributed by atoms with van der Waals surface area (Å²) in [5, 5.41) is 2.86. The van der Waals surface area contributed by atoms with Crippen LogP contribution in [0.1, 0.15) is 18.9 Å². The van der Waals surface area contributed by atoms with Crippen molar-refractivity contribution in [2.75, 3.05) is 19.6 Å². The molecular formula is C16H20N2O2. The van der Waals surface area contributed by atoms with Gasteiger partial charge in [0.15, 0.2) is 0 Å². The summed E-state index contributed by atoms with van der Waals surface area (Å²) >= 11 is 0. The van der Waals surface area contributed by atoms with Crippen LogP contribution in [-0.4, -0.2) is 36.3 Å². The van der Waals surface area contributed by atoms with Crippen LogP contribution in [-0.2, 0) is 9.59 Å². The first-order valence-corrected chi connectivity index (χ1v) is 6.97. The number of carbonyl (C=O) groups is 2. The van der Waals surface area contributed by atoms with E-state index in [1.807, 2.05) is 49.4 Å². The Morgan fingerprint density at radius 3 is 2.80 bits per heavy atom. The zero-order valence-electron chi connectivity index (χ0n) is 11.7. The first-order chi connectivity index (χ1) is 9.70. The molecule has 0 unspecified atom stereocenters. The Morgan fingerprint density at radius 2 is 2.15 bits per heavy atom. The van der Waals surface area contributed by atoms with Crippen molar-refractivity contribution in [1.29, 1.82) is 0 Å². The molecule has 4 nitrogen and oxygen atoms in total. The van der Waals surface area contributed by atoms with Crippen LogP contribution in [0.15, 0.2) is 36.4 Å². The summed E-state index contributed by atoms with van der Waals surface area (Å²) in [7, 11) is 0. The number of benzene rings is 1. The van der Waals surface area contributed by atoms with Crippen molar-refractivity contribution in [3.8, 4) is 0 Å². The van der Waals surface area contributed by atoms with Gasteiger partial charge in [-0.1, -0.05) is 42.5 Å². The lowest BCUT2D eigenvalue weighted by Crippen LogP contribution is -2.32. The largest absolute Gasteiger partial charge is 0.352 e. The Morgan fingerprint density at radius 1 is 1.40 bits per heavy atom. The number of amides is 2. The molecule has 20 heavy (non-hydrogen) atoms. The summed E-state index contributed by atoms with van der Waals surface area (Å²) in [6.45, 7) is 3.64. The van der Waals surface area contributed by atoms with E-state index in [0.29, 0.717) is 26.1 Å². The molecule has 4 heteroatoms. The monoisotopic (exact) mass is 272 g/mol. The molecule has 1 heterocycles. The van der Waals surface area contributed by atoms with Crippen LogP contribution in [0.4, 0.5) is 0 Å². The maximum absolute atomic E-state index is 11.9. The lowest BCUT2D eigenvalue weighted by atomic mass is 10.1. The predicted molar refractivity (Wildman–Crippen MR) is 78.8 cm³/mol.